The maximum Gasteiger partial charge on any atom is 0.141 e. The molecular weight excluding hydrogens is 336 g/mol. The fraction of sp³-hybridized carbons (Fsp3) is 0.174. The zero-order valence-corrected chi connectivity index (χ0v) is 15.6. The Balaban J connectivity index is 1.63. The second kappa shape index (κ2) is 7.54. The van der Waals surface area contributed by atoms with Crippen LogP contribution >= 0.6 is 0 Å². The summed E-state index contributed by atoms with van der Waals surface area (Å²) in [6, 6.07) is 24.3. The molecule has 0 N–H and O–H groups in total. The molecule has 0 aliphatic carbocycles. The molecule has 0 amide bonds. The van der Waals surface area contributed by atoms with E-state index in [1.165, 1.54) is 5.56 Å². The van der Waals surface area contributed by atoms with Gasteiger partial charge in [-0.3, -0.25) is 0 Å². The van der Waals surface area contributed by atoms with Crippen molar-refractivity contribution in [3.8, 4) is 22.9 Å². The smallest absolute Gasteiger partial charge is 0.141 e. The molecule has 4 aromatic rings. The molecule has 0 fully saturated rings. The van der Waals surface area contributed by atoms with Crippen molar-refractivity contribution in [3.63, 3.8) is 0 Å². The number of rotatable bonds is 6. The van der Waals surface area contributed by atoms with Crippen LogP contribution in [0.3, 0.4) is 0 Å². The average molecular weight is 358 g/mol. The van der Waals surface area contributed by atoms with Gasteiger partial charge in [-0.25, -0.2) is 4.98 Å². The largest absolute Gasteiger partial charge is 0.497 e. The molecule has 1 aromatic heterocycles. The first kappa shape index (κ1) is 17.2. The van der Waals surface area contributed by atoms with Crippen molar-refractivity contribution in [2.45, 2.75) is 13.5 Å². The fourth-order valence-electron chi connectivity index (χ4n) is 3.25. The molecule has 0 saturated carbocycles. The van der Waals surface area contributed by atoms with Gasteiger partial charge in [-0.1, -0.05) is 42.0 Å². The van der Waals surface area contributed by atoms with Gasteiger partial charge in [0.25, 0.3) is 0 Å². The zero-order valence-electron chi connectivity index (χ0n) is 15.6. The van der Waals surface area contributed by atoms with Crippen molar-refractivity contribution in [2.24, 2.45) is 0 Å². The van der Waals surface area contributed by atoms with E-state index in [-0.39, 0.29) is 0 Å². The number of fused-ring (bicyclic) bond motifs is 1. The van der Waals surface area contributed by atoms with Crippen LogP contribution in [0.1, 0.15) is 5.56 Å². The number of benzene rings is 3. The maximum atomic E-state index is 5.96. The van der Waals surface area contributed by atoms with Gasteiger partial charge < -0.3 is 14.0 Å². The van der Waals surface area contributed by atoms with Crippen LogP contribution in [0.25, 0.3) is 22.4 Å². The number of methoxy groups -OCH3 is 1. The van der Waals surface area contributed by atoms with E-state index < -0.39 is 0 Å². The van der Waals surface area contributed by atoms with E-state index in [1.54, 1.807) is 7.11 Å². The van der Waals surface area contributed by atoms with Crippen molar-refractivity contribution in [1.29, 1.82) is 0 Å². The molecule has 4 nitrogen and oxygen atoms in total. The lowest BCUT2D eigenvalue weighted by atomic mass is 10.1. The fourth-order valence-corrected chi connectivity index (χ4v) is 3.25. The molecule has 0 radical (unpaired) electrons. The number of hydrogen-bond acceptors (Lipinski definition) is 3. The van der Waals surface area contributed by atoms with Gasteiger partial charge in [0.1, 0.15) is 23.9 Å². The Bertz CT molecular complexity index is 1070. The first-order valence-corrected chi connectivity index (χ1v) is 9.04. The number of aryl methyl sites for hydroxylation is 1. The molecule has 27 heavy (non-hydrogen) atoms. The highest BCUT2D eigenvalue weighted by atomic mass is 16.5. The normalized spacial score (nSPS) is 10.9. The van der Waals surface area contributed by atoms with Crippen LogP contribution in [0.15, 0.2) is 72.8 Å². The van der Waals surface area contributed by atoms with Crippen LogP contribution in [0.4, 0.5) is 0 Å². The summed E-state index contributed by atoms with van der Waals surface area (Å²) >= 11 is 0. The molecule has 4 heteroatoms. The summed E-state index contributed by atoms with van der Waals surface area (Å²) in [7, 11) is 1.66. The van der Waals surface area contributed by atoms with Gasteiger partial charge in [0.05, 0.1) is 24.7 Å². The van der Waals surface area contributed by atoms with Crippen molar-refractivity contribution < 1.29 is 9.47 Å². The van der Waals surface area contributed by atoms with Crippen LogP contribution < -0.4 is 9.47 Å². The van der Waals surface area contributed by atoms with E-state index >= 15 is 0 Å². The molecule has 0 atom stereocenters. The first-order chi connectivity index (χ1) is 13.2. The van der Waals surface area contributed by atoms with Crippen LogP contribution in [0.5, 0.6) is 11.5 Å². The molecule has 0 spiro atoms. The van der Waals surface area contributed by atoms with Crippen molar-refractivity contribution in [3.05, 3.63) is 78.4 Å². The van der Waals surface area contributed by atoms with Crippen molar-refractivity contribution in [1.82, 2.24) is 9.55 Å². The standard InChI is InChI=1S/C23H22N2O2/c1-17-7-5-8-18(15-17)23-24-21-11-3-4-12-22(21)25(23)13-14-27-20-10-6-9-19(16-20)26-2/h3-12,15-16H,13-14H2,1-2H3. The predicted octanol–water partition coefficient (Wildman–Crippen LogP) is 5.10. The first-order valence-electron chi connectivity index (χ1n) is 9.04. The molecule has 0 aliphatic rings. The number of hydrogen-bond donors (Lipinski definition) is 0. The summed E-state index contributed by atoms with van der Waals surface area (Å²) in [4.78, 5) is 4.86. The number of aromatic nitrogens is 2. The lowest BCUT2D eigenvalue weighted by Gasteiger charge is -2.12. The highest BCUT2D eigenvalue weighted by Gasteiger charge is 2.12. The third kappa shape index (κ3) is 3.65. The van der Waals surface area contributed by atoms with Crippen molar-refractivity contribution >= 4 is 11.0 Å². The Morgan fingerprint density at radius 2 is 1.70 bits per heavy atom. The summed E-state index contributed by atoms with van der Waals surface area (Å²) in [6.45, 7) is 3.36. The molecule has 0 unspecified atom stereocenters. The van der Waals surface area contributed by atoms with Crippen LogP contribution in [-0.2, 0) is 6.54 Å². The predicted molar refractivity (Wildman–Crippen MR) is 108 cm³/mol. The summed E-state index contributed by atoms with van der Waals surface area (Å²) in [5.41, 5.74) is 4.45. The van der Waals surface area contributed by atoms with E-state index in [9.17, 15) is 0 Å². The minimum Gasteiger partial charge on any atom is -0.497 e. The minimum absolute atomic E-state index is 0.548. The third-order valence-corrected chi connectivity index (χ3v) is 4.56. The number of nitrogens with zero attached hydrogens (tertiary/aromatic N) is 2. The maximum absolute atomic E-state index is 5.96. The van der Waals surface area contributed by atoms with Gasteiger partial charge in [-0.2, -0.15) is 0 Å². The summed E-state index contributed by atoms with van der Waals surface area (Å²) in [5, 5.41) is 0. The van der Waals surface area contributed by atoms with Crippen LogP contribution in [0.2, 0.25) is 0 Å². The molecular formula is C23H22N2O2. The quantitative estimate of drug-likeness (QED) is 0.481. The van der Waals surface area contributed by atoms with E-state index in [0.717, 1.165) is 33.9 Å². The molecule has 0 aliphatic heterocycles. The topological polar surface area (TPSA) is 36.3 Å². The number of para-hydroxylation sites is 2. The molecule has 4 rings (SSSR count). The summed E-state index contributed by atoms with van der Waals surface area (Å²) < 4.78 is 13.4. The summed E-state index contributed by atoms with van der Waals surface area (Å²) in [6.07, 6.45) is 0. The van der Waals surface area contributed by atoms with E-state index in [0.29, 0.717) is 13.2 Å². The lowest BCUT2D eigenvalue weighted by Crippen LogP contribution is -2.09. The molecule has 0 bridgehead atoms. The highest BCUT2D eigenvalue weighted by molar-refractivity contribution is 5.80. The van der Waals surface area contributed by atoms with Crippen molar-refractivity contribution in [2.75, 3.05) is 13.7 Å². The Hall–Kier alpha value is -3.27. The second-order valence-electron chi connectivity index (χ2n) is 6.47. The van der Waals surface area contributed by atoms with Crippen LogP contribution in [0, 0.1) is 6.92 Å². The Morgan fingerprint density at radius 3 is 2.56 bits per heavy atom. The Morgan fingerprint density at radius 1 is 0.889 bits per heavy atom. The van der Waals surface area contributed by atoms with E-state index in [1.807, 2.05) is 42.5 Å². The van der Waals surface area contributed by atoms with E-state index in [4.69, 9.17) is 14.5 Å². The second-order valence-corrected chi connectivity index (χ2v) is 6.47. The monoisotopic (exact) mass is 358 g/mol. The van der Waals surface area contributed by atoms with Gasteiger partial charge in [0.2, 0.25) is 0 Å². The molecule has 0 saturated heterocycles. The molecule has 1 heterocycles. The van der Waals surface area contributed by atoms with E-state index in [2.05, 4.69) is 41.8 Å². The summed E-state index contributed by atoms with van der Waals surface area (Å²) in [5.74, 6) is 2.56. The minimum atomic E-state index is 0.548. The SMILES string of the molecule is COc1cccc(OCCn2c(-c3cccc(C)c3)nc3ccccc32)c1. The van der Waals surface area contributed by atoms with Gasteiger partial charge in [-0.15, -0.1) is 0 Å². The number of imidazole rings is 1. The highest BCUT2D eigenvalue weighted by Crippen LogP contribution is 2.26. The van der Waals surface area contributed by atoms with Gasteiger partial charge >= 0.3 is 0 Å². The average Bonchev–Trinajstić information content (AvgIpc) is 3.07. The lowest BCUT2D eigenvalue weighted by molar-refractivity contribution is 0.298. The van der Waals surface area contributed by atoms with Gasteiger partial charge in [0, 0.05) is 11.6 Å². The Labute approximate surface area is 159 Å². The molecule has 3 aromatic carbocycles. The third-order valence-electron chi connectivity index (χ3n) is 4.56. The van der Waals surface area contributed by atoms with Gasteiger partial charge in [0.15, 0.2) is 0 Å². The Kier molecular flexibility index (Phi) is 4.79. The van der Waals surface area contributed by atoms with Crippen LogP contribution in [-0.4, -0.2) is 23.3 Å². The van der Waals surface area contributed by atoms with Gasteiger partial charge in [-0.05, 0) is 37.3 Å². The number of ether oxygens (including phenoxy) is 2. The zero-order chi connectivity index (χ0) is 18.6. The molecule has 136 valence electrons.